The van der Waals surface area contributed by atoms with Gasteiger partial charge in [0.2, 0.25) is 0 Å². The molecule has 0 aliphatic carbocycles. The average Bonchev–Trinajstić information content (AvgIpc) is 2.63. The molecule has 0 aromatic heterocycles. The molecule has 0 spiro atoms. The van der Waals surface area contributed by atoms with Crippen LogP contribution in [0, 0.1) is 0 Å². The SMILES string of the molecule is C=C1C(=O)N(c2cccc(NC(=O)OC(C)(C)C)c2)[C@@H]1c1cccc(OC(C)=O)c1. The lowest BCUT2D eigenvalue weighted by Crippen LogP contribution is -2.48. The van der Waals surface area contributed by atoms with Crippen LogP contribution in [0.2, 0.25) is 0 Å². The van der Waals surface area contributed by atoms with E-state index < -0.39 is 23.7 Å². The highest BCUT2D eigenvalue weighted by Crippen LogP contribution is 2.43. The van der Waals surface area contributed by atoms with Gasteiger partial charge < -0.3 is 9.47 Å². The van der Waals surface area contributed by atoms with Crippen molar-refractivity contribution >= 4 is 29.3 Å². The van der Waals surface area contributed by atoms with Crippen molar-refractivity contribution in [2.45, 2.75) is 39.3 Å². The number of nitrogens with one attached hydrogen (secondary N) is 1. The summed E-state index contributed by atoms with van der Waals surface area (Å²) in [6.07, 6.45) is -0.579. The van der Waals surface area contributed by atoms with Crippen LogP contribution in [-0.4, -0.2) is 23.6 Å². The van der Waals surface area contributed by atoms with Crippen molar-refractivity contribution in [3.63, 3.8) is 0 Å². The summed E-state index contributed by atoms with van der Waals surface area (Å²) in [6.45, 7) is 10.6. The molecule has 2 aromatic rings. The van der Waals surface area contributed by atoms with E-state index in [4.69, 9.17) is 9.47 Å². The minimum Gasteiger partial charge on any atom is -0.444 e. The number of β-lactam (4-membered cyclic amide) rings is 1. The highest BCUT2D eigenvalue weighted by Gasteiger charge is 2.42. The van der Waals surface area contributed by atoms with Crippen LogP contribution in [0.15, 0.2) is 60.7 Å². The predicted molar refractivity (Wildman–Crippen MR) is 113 cm³/mol. The number of nitrogens with zero attached hydrogens (tertiary/aromatic N) is 1. The van der Waals surface area contributed by atoms with Crippen molar-refractivity contribution in [3.8, 4) is 5.75 Å². The summed E-state index contributed by atoms with van der Waals surface area (Å²) < 4.78 is 10.4. The number of amides is 2. The normalized spacial score (nSPS) is 16.0. The van der Waals surface area contributed by atoms with E-state index in [9.17, 15) is 14.4 Å². The van der Waals surface area contributed by atoms with E-state index in [0.29, 0.717) is 22.7 Å². The fourth-order valence-electron chi connectivity index (χ4n) is 3.16. The summed E-state index contributed by atoms with van der Waals surface area (Å²) in [6, 6.07) is 13.5. The molecular formula is C23H24N2O5. The van der Waals surface area contributed by atoms with Gasteiger partial charge in [0.25, 0.3) is 5.91 Å². The van der Waals surface area contributed by atoms with E-state index in [1.807, 2.05) is 6.07 Å². The van der Waals surface area contributed by atoms with E-state index >= 15 is 0 Å². The summed E-state index contributed by atoms with van der Waals surface area (Å²) in [5.74, 6) is -0.242. The van der Waals surface area contributed by atoms with Crippen LogP contribution in [0.3, 0.4) is 0 Å². The van der Waals surface area contributed by atoms with Gasteiger partial charge in [-0.1, -0.05) is 24.8 Å². The maximum atomic E-state index is 12.6. The van der Waals surface area contributed by atoms with Crippen LogP contribution in [0.1, 0.15) is 39.3 Å². The second-order valence-corrected chi connectivity index (χ2v) is 7.95. The first-order valence-corrected chi connectivity index (χ1v) is 9.46. The monoisotopic (exact) mass is 408 g/mol. The first kappa shape index (κ1) is 21.1. The van der Waals surface area contributed by atoms with Crippen LogP contribution in [0.25, 0.3) is 0 Å². The Bertz CT molecular complexity index is 1020. The molecule has 0 saturated carbocycles. The summed E-state index contributed by atoms with van der Waals surface area (Å²) in [7, 11) is 0. The maximum absolute atomic E-state index is 12.6. The molecule has 1 aliphatic heterocycles. The molecule has 7 heteroatoms. The Labute approximate surface area is 175 Å². The maximum Gasteiger partial charge on any atom is 0.412 e. The van der Waals surface area contributed by atoms with Gasteiger partial charge in [0.1, 0.15) is 11.4 Å². The van der Waals surface area contributed by atoms with Gasteiger partial charge in [-0.2, -0.15) is 0 Å². The Morgan fingerprint density at radius 2 is 1.80 bits per heavy atom. The molecular weight excluding hydrogens is 384 g/mol. The molecule has 1 heterocycles. The highest BCUT2D eigenvalue weighted by molar-refractivity contribution is 6.15. The first-order chi connectivity index (χ1) is 14.0. The summed E-state index contributed by atoms with van der Waals surface area (Å²) in [5.41, 5.74) is 1.68. The number of ether oxygens (including phenoxy) is 2. The number of rotatable bonds is 4. The molecule has 1 N–H and O–H groups in total. The van der Waals surface area contributed by atoms with Crippen molar-refractivity contribution < 1.29 is 23.9 Å². The topological polar surface area (TPSA) is 84.9 Å². The van der Waals surface area contributed by atoms with Gasteiger partial charge in [-0.15, -0.1) is 0 Å². The van der Waals surface area contributed by atoms with Gasteiger partial charge in [-0.25, -0.2) is 4.79 Å². The van der Waals surface area contributed by atoms with E-state index in [-0.39, 0.29) is 5.91 Å². The third kappa shape index (κ3) is 4.68. The summed E-state index contributed by atoms with van der Waals surface area (Å²) in [4.78, 5) is 37.4. The molecule has 30 heavy (non-hydrogen) atoms. The van der Waals surface area contributed by atoms with Crippen LogP contribution in [0.4, 0.5) is 16.2 Å². The third-order valence-electron chi connectivity index (χ3n) is 4.29. The number of benzene rings is 2. The van der Waals surface area contributed by atoms with E-state index in [0.717, 1.165) is 5.56 Å². The molecule has 2 amide bonds. The molecule has 3 rings (SSSR count). The third-order valence-corrected chi connectivity index (χ3v) is 4.29. The quantitative estimate of drug-likeness (QED) is 0.346. The zero-order valence-corrected chi connectivity index (χ0v) is 17.4. The summed E-state index contributed by atoms with van der Waals surface area (Å²) in [5, 5.41) is 2.67. The van der Waals surface area contributed by atoms with Crippen LogP contribution >= 0.6 is 0 Å². The van der Waals surface area contributed by atoms with E-state index in [2.05, 4.69) is 11.9 Å². The van der Waals surface area contributed by atoms with Gasteiger partial charge >= 0.3 is 12.1 Å². The molecule has 1 atom stereocenters. The lowest BCUT2D eigenvalue weighted by Gasteiger charge is -2.42. The second kappa shape index (κ2) is 8.02. The Kier molecular flexibility index (Phi) is 5.64. The lowest BCUT2D eigenvalue weighted by atomic mass is 9.88. The van der Waals surface area contributed by atoms with Crippen LogP contribution in [-0.2, 0) is 14.3 Å². The number of hydrogen-bond acceptors (Lipinski definition) is 5. The number of esters is 1. The van der Waals surface area contributed by atoms with E-state index in [1.54, 1.807) is 68.1 Å². The van der Waals surface area contributed by atoms with Crippen molar-refractivity contribution in [2.24, 2.45) is 0 Å². The zero-order valence-electron chi connectivity index (χ0n) is 17.4. The molecule has 1 fully saturated rings. The first-order valence-electron chi connectivity index (χ1n) is 9.46. The van der Waals surface area contributed by atoms with Gasteiger partial charge in [0.05, 0.1) is 6.04 Å². The largest absolute Gasteiger partial charge is 0.444 e. The number of anilines is 2. The average molecular weight is 408 g/mol. The molecule has 156 valence electrons. The Hall–Kier alpha value is -3.61. The lowest BCUT2D eigenvalue weighted by molar-refractivity contribution is -0.131. The zero-order chi connectivity index (χ0) is 22.1. The van der Waals surface area contributed by atoms with Crippen LogP contribution < -0.4 is 15.0 Å². The predicted octanol–water partition coefficient (Wildman–Crippen LogP) is 4.60. The minimum absolute atomic E-state index is 0.215. The second-order valence-electron chi connectivity index (χ2n) is 7.95. The van der Waals surface area contributed by atoms with Gasteiger partial charge in [0.15, 0.2) is 0 Å². The van der Waals surface area contributed by atoms with Gasteiger partial charge in [-0.3, -0.25) is 19.8 Å². The fraction of sp³-hybridized carbons (Fsp3) is 0.261. The van der Waals surface area contributed by atoms with Crippen molar-refractivity contribution in [1.29, 1.82) is 0 Å². The number of carbonyl (C=O) groups excluding carboxylic acids is 3. The number of hydrogen-bond donors (Lipinski definition) is 1. The van der Waals surface area contributed by atoms with Crippen molar-refractivity contribution in [3.05, 3.63) is 66.2 Å². The summed E-state index contributed by atoms with van der Waals surface area (Å²) >= 11 is 0. The Morgan fingerprint density at radius 1 is 1.10 bits per heavy atom. The fourth-order valence-corrected chi connectivity index (χ4v) is 3.16. The van der Waals surface area contributed by atoms with Crippen LogP contribution in [0.5, 0.6) is 5.75 Å². The molecule has 7 nitrogen and oxygen atoms in total. The minimum atomic E-state index is -0.620. The molecule has 1 aliphatic rings. The molecule has 0 radical (unpaired) electrons. The number of carbonyl (C=O) groups is 3. The Balaban J connectivity index is 1.84. The van der Waals surface area contributed by atoms with Gasteiger partial charge in [0, 0.05) is 23.9 Å². The molecule has 1 saturated heterocycles. The van der Waals surface area contributed by atoms with E-state index in [1.165, 1.54) is 6.92 Å². The smallest absolute Gasteiger partial charge is 0.412 e. The standard InChI is InChI=1S/C23H24N2O5/c1-14-20(16-8-6-11-19(12-16)29-15(2)26)25(21(14)27)18-10-7-9-17(13-18)24-22(28)30-23(3,4)5/h6-13,20H,1H2,2-5H3,(H,24,28)/t20-/m0/s1. The Morgan fingerprint density at radius 3 is 2.47 bits per heavy atom. The van der Waals surface area contributed by atoms with Gasteiger partial charge in [-0.05, 0) is 56.7 Å². The molecule has 0 unspecified atom stereocenters. The highest BCUT2D eigenvalue weighted by atomic mass is 16.6. The van der Waals surface area contributed by atoms with Crippen molar-refractivity contribution in [2.75, 3.05) is 10.2 Å². The molecule has 0 bridgehead atoms. The van der Waals surface area contributed by atoms with Crippen molar-refractivity contribution in [1.82, 2.24) is 0 Å². The molecule has 2 aromatic carbocycles.